The largest absolute Gasteiger partial charge is 0.416 e. The summed E-state index contributed by atoms with van der Waals surface area (Å²) in [6, 6.07) is 14.4. The maximum Gasteiger partial charge on any atom is 0.416 e. The molecular formula is C19H13ClF3N5. The molecule has 5 nitrogen and oxygen atoms in total. The number of benzene rings is 2. The molecule has 0 unspecified atom stereocenters. The van der Waals surface area contributed by atoms with Crippen LogP contribution in [-0.4, -0.2) is 19.5 Å². The van der Waals surface area contributed by atoms with Gasteiger partial charge in [0.1, 0.15) is 0 Å². The summed E-state index contributed by atoms with van der Waals surface area (Å²) in [4.78, 5) is 12.8. The van der Waals surface area contributed by atoms with Crippen LogP contribution in [0.3, 0.4) is 0 Å². The monoisotopic (exact) mass is 403 g/mol. The van der Waals surface area contributed by atoms with E-state index in [9.17, 15) is 13.2 Å². The number of nitrogens with one attached hydrogen (secondary N) is 1. The Balaban J connectivity index is 1.65. The van der Waals surface area contributed by atoms with Gasteiger partial charge in [0.05, 0.1) is 18.4 Å². The maximum atomic E-state index is 12.7. The quantitative estimate of drug-likeness (QED) is 0.470. The summed E-state index contributed by atoms with van der Waals surface area (Å²) >= 11 is 6.06. The van der Waals surface area contributed by atoms with Gasteiger partial charge in [-0.1, -0.05) is 30.3 Å². The van der Waals surface area contributed by atoms with Crippen molar-refractivity contribution in [1.29, 1.82) is 0 Å². The van der Waals surface area contributed by atoms with Crippen molar-refractivity contribution in [2.75, 3.05) is 5.32 Å². The molecule has 4 rings (SSSR count). The number of nitrogens with zero attached hydrogens (tertiary/aromatic N) is 4. The zero-order valence-electron chi connectivity index (χ0n) is 14.3. The van der Waals surface area contributed by atoms with Crippen molar-refractivity contribution in [3.8, 4) is 0 Å². The number of alkyl halides is 3. The van der Waals surface area contributed by atoms with E-state index >= 15 is 0 Å². The summed E-state index contributed by atoms with van der Waals surface area (Å²) in [5, 5.41) is 3.19. The fourth-order valence-corrected chi connectivity index (χ4v) is 2.94. The van der Waals surface area contributed by atoms with E-state index in [-0.39, 0.29) is 5.28 Å². The van der Waals surface area contributed by atoms with Gasteiger partial charge in [-0.3, -0.25) is 0 Å². The van der Waals surface area contributed by atoms with Crippen LogP contribution in [0.2, 0.25) is 5.28 Å². The number of fused-ring (bicyclic) bond motifs is 1. The fraction of sp³-hybridized carbons (Fsp3) is 0.105. The second kappa shape index (κ2) is 7.12. The SMILES string of the molecule is FC(F)(F)c1ccc(Cn2cnc3c(Nc4ccccc4)nc(Cl)nc32)cc1. The predicted octanol–water partition coefficient (Wildman–Crippen LogP) is 5.29. The average Bonchev–Trinajstić information content (AvgIpc) is 3.05. The van der Waals surface area contributed by atoms with E-state index in [1.807, 2.05) is 30.3 Å². The molecule has 0 saturated carbocycles. The van der Waals surface area contributed by atoms with Crippen molar-refractivity contribution >= 4 is 34.3 Å². The van der Waals surface area contributed by atoms with Gasteiger partial charge in [-0.2, -0.15) is 23.1 Å². The van der Waals surface area contributed by atoms with Crippen LogP contribution in [0.15, 0.2) is 60.9 Å². The Morgan fingerprint density at radius 3 is 2.36 bits per heavy atom. The van der Waals surface area contributed by atoms with Crippen LogP contribution in [0.1, 0.15) is 11.1 Å². The van der Waals surface area contributed by atoms with Gasteiger partial charge in [0.25, 0.3) is 0 Å². The number of imidazole rings is 1. The fourth-order valence-electron chi connectivity index (χ4n) is 2.77. The molecule has 0 saturated heterocycles. The lowest BCUT2D eigenvalue weighted by molar-refractivity contribution is -0.137. The summed E-state index contributed by atoms with van der Waals surface area (Å²) in [5.74, 6) is 0.451. The van der Waals surface area contributed by atoms with Gasteiger partial charge in [-0.15, -0.1) is 0 Å². The lowest BCUT2D eigenvalue weighted by Gasteiger charge is -2.09. The lowest BCUT2D eigenvalue weighted by Crippen LogP contribution is -2.06. The highest BCUT2D eigenvalue weighted by Crippen LogP contribution is 2.29. The smallest absolute Gasteiger partial charge is 0.338 e. The van der Waals surface area contributed by atoms with Crippen molar-refractivity contribution in [2.45, 2.75) is 12.7 Å². The Hall–Kier alpha value is -3.13. The highest BCUT2D eigenvalue weighted by atomic mass is 35.5. The molecule has 0 aliphatic heterocycles. The summed E-state index contributed by atoms with van der Waals surface area (Å²) in [7, 11) is 0. The molecule has 2 heterocycles. The van der Waals surface area contributed by atoms with E-state index in [1.165, 1.54) is 12.1 Å². The van der Waals surface area contributed by atoms with Crippen molar-refractivity contribution in [3.63, 3.8) is 0 Å². The Morgan fingerprint density at radius 2 is 1.68 bits per heavy atom. The molecule has 4 aromatic rings. The summed E-state index contributed by atoms with van der Waals surface area (Å²) < 4.78 is 39.9. The normalized spacial score (nSPS) is 11.7. The minimum Gasteiger partial charge on any atom is -0.338 e. The third kappa shape index (κ3) is 3.77. The van der Waals surface area contributed by atoms with Crippen LogP contribution < -0.4 is 5.32 Å². The molecular weight excluding hydrogens is 391 g/mol. The highest BCUT2D eigenvalue weighted by molar-refractivity contribution is 6.28. The van der Waals surface area contributed by atoms with Gasteiger partial charge in [0.2, 0.25) is 5.28 Å². The first kappa shape index (κ1) is 18.2. The Labute approximate surface area is 162 Å². The van der Waals surface area contributed by atoms with Crippen molar-refractivity contribution in [1.82, 2.24) is 19.5 Å². The molecule has 1 N–H and O–H groups in total. The lowest BCUT2D eigenvalue weighted by atomic mass is 10.1. The van der Waals surface area contributed by atoms with Gasteiger partial charge in [0.15, 0.2) is 17.0 Å². The molecule has 142 valence electrons. The van der Waals surface area contributed by atoms with Crippen LogP contribution in [-0.2, 0) is 12.7 Å². The molecule has 0 radical (unpaired) electrons. The minimum atomic E-state index is -4.36. The van der Waals surface area contributed by atoms with Gasteiger partial charge in [0, 0.05) is 5.69 Å². The molecule has 0 fully saturated rings. The van der Waals surface area contributed by atoms with Crippen LogP contribution in [0.4, 0.5) is 24.7 Å². The first-order chi connectivity index (χ1) is 13.4. The molecule has 28 heavy (non-hydrogen) atoms. The molecule has 0 aliphatic carbocycles. The van der Waals surface area contributed by atoms with Crippen LogP contribution in [0, 0.1) is 0 Å². The number of hydrogen-bond acceptors (Lipinski definition) is 4. The molecule has 0 aliphatic rings. The number of rotatable bonds is 4. The number of aromatic nitrogens is 4. The zero-order valence-corrected chi connectivity index (χ0v) is 15.0. The van der Waals surface area contributed by atoms with Crippen LogP contribution in [0.5, 0.6) is 0 Å². The number of anilines is 2. The maximum absolute atomic E-state index is 12.7. The topological polar surface area (TPSA) is 55.6 Å². The van der Waals surface area contributed by atoms with Crippen molar-refractivity contribution < 1.29 is 13.2 Å². The summed E-state index contributed by atoms with van der Waals surface area (Å²) in [5.41, 5.74) is 1.81. The van der Waals surface area contributed by atoms with E-state index in [2.05, 4.69) is 20.3 Å². The molecule has 2 aromatic carbocycles. The molecule has 2 aromatic heterocycles. The first-order valence-corrected chi connectivity index (χ1v) is 8.64. The standard InChI is InChI=1S/C19H13ClF3N5/c20-18-26-16(25-14-4-2-1-3-5-14)15-17(27-18)28(11-24-15)10-12-6-8-13(9-7-12)19(21,22)23/h1-9,11H,10H2,(H,25,26,27). The molecule has 0 bridgehead atoms. The van der Waals surface area contributed by atoms with E-state index in [4.69, 9.17) is 11.6 Å². The van der Waals surface area contributed by atoms with Crippen LogP contribution >= 0.6 is 11.6 Å². The van der Waals surface area contributed by atoms with Gasteiger partial charge >= 0.3 is 6.18 Å². The minimum absolute atomic E-state index is 0.0418. The van der Waals surface area contributed by atoms with Gasteiger partial charge < -0.3 is 9.88 Å². The second-order valence-electron chi connectivity index (χ2n) is 6.07. The highest BCUT2D eigenvalue weighted by Gasteiger charge is 2.29. The van der Waals surface area contributed by atoms with Crippen molar-refractivity contribution in [3.05, 3.63) is 77.3 Å². The van der Waals surface area contributed by atoms with E-state index < -0.39 is 11.7 Å². The van der Waals surface area contributed by atoms with Gasteiger partial charge in [-0.25, -0.2) is 4.98 Å². The second-order valence-corrected chi connectivity index (χ2v) is 6.41. The summed E-state index contributed by atoms with van der Waals surface area (Å²) in [6.45, 7) is 0.298. The van der Waals surface area contributed by atoms with Crippen LogP contribution in [0.25, 0.3) is 11.2 Å². The molecule has 9 heteroatoms. The van der Waals surface area contributed by atoms with E-state index in [0.717, 1.165) is 17.8 Å². The number of halogens is 4. The number of hydrogen-bond donors (Lipinski definition) is 1. The van der Waals surface area contributed by atoms with Crippen molar-refractivity contribution in [2.24, 2.45) is 0 Å². The molecule has 0 spiro atoms. The molecule has 0 atom stereocenters. The van der Waals surface area contributed by atoms with E-state index in [1.54, 1.807) is 10.9 Å². The van der Waals surface area contributed by atoms with E-state index in [0.29, 0.717) is 29.1 Å². The Kier molecular flexibility index (Phi) is 4.64. The first-order valence-electron chi connectivity index (χ1n) is 8.27. The third-order valence-corrected chi connectivity index (χ3v) is 4.28. The number of para-hydroxylation sites is 1. The predicted molar refractivity (Wildman–Crippen MR) is 101 cm³/mol. The van der Waals surface area contributed by atoms with Gasteiger partial charge in [-0.05, 0) is 41.4 Å². The third-order valence-electron chi connectivity index (χ3n) is 4.11. The Morgan fingerprint density at radius 1 is 0.964 bits per heavy atom. The Bertz CT molecular complexity index is 1110. The zero-order chi connectivity index (χ0) is 19.7. The average molecular weight is 404 g/mol. The summed E-state index contributed by atoms with van der Waals surface area (Å²) in [6.07, 6.45) is -2.80. The molecule has 0 amide bonds.